The van der Waals surface area contributed by atoms with Crippen molar-refractivity contribution in [1.82, 2.24) is 0 Å². The highest BCUT2D eigenvalue weighted by molar-refractivity contribution is 5.47. The van der Waals surface area contributed by atoms with Gasteiger partial charge in [-0.25, -0.2) is 4.39 Å². The maximum atomic E-state index is 14.6. The van der Waals surface area contributed by atoms with Gasteiger partial charge in [0.05, 0.1) is 0 Å². The summed E-state index contributed by atoms with van der Waals surface area (Å²) in [4.78, 5) is 9.66. The van der Waals surface area contributed by atoms with E-state index in [1.54, 1.807) is 12.2 Å². The maximum Gasteiger partial charge on any atom is 0.126 e. The van der Waals surface area contributed by atoms with Crippen molar-refractivity contribution < 1.29 is 19.3 Å². The summed E-state index contributed by atoms with van der Waals surface area (Å²) in [7, 11) is 0. The molecule has 0 aliphatic carbocycles. The van der Waals surface area contributed by atoms with E-state index in [0.29, 0.717) is 24.8 Å². The minimum absolute atomic E-state index is 0.0820. The third-order valence-electron chi connectivity index (χ3n) is 3.89. The predicted molar refractivity (Wildman–Crippen MR) is 116 cm³/mol. The largest absolute Gasteiger partial charge is 0.396 e. The van der Waals surface area contributed by atoms with Crippen LogP contribution < -0.4 is 0 Å². The normalized spacial score (nSPS) is 13.9. The number of halogens is 1. The molecule has 0 unspecified atom stereocenters. The van der Waals surface area contributed by atoms with Gasteiger partial charge >= 0.3 is 0 Å². The minimum Gasteiger partial charge on any atom is -0.396 e. The molecule has 0 aromatic carbocycles. The monoisotopic (exact) mass is 390 g/mol. The lowest BCUT2D eigenvalue weighted by atomic mass is 9.99. The Morgan fingerprint density at radius 3 is 2.54 bits per heavy atom. The minimum atomic E-state index is -0.219. The van der Waals surface area contributed by atoms with E-state index in [9.17, 15) is 4.39 Å². The highest BCUT2D eigenvalue weighted by Crippen LogP contribution is 2.23. The average molecular weight is 391 g/mol. The van der Waals surface area contributed by atoms with E-state index in [2.05, 4.69) is 18.0 Å². The van der Waals surface area contributed by atoms with Gasteiger partial charge in [-0.05, 0) is 55.4 Å². The second-order valence-corrected chi connectivity index (χ2v) is 6.25. The second-order valence-electron chi connectivity index (χ2n) is 6.25. The molecule has 0 saturated heterocycles. The smallest absolute Gasteiger partial charge is 0.126 e. The van der Waals surface area contributed by atoms with Crippen LogP contribution in [0.4, 0.5) is 4.39 Å². The van der Waals surface area contributed by atoms with E-state index in [1.807, 2.05) is 45.1 Å². The Morgan fingerprint density at radius 2 is 1.93 bits per heavy atom. The van der Waals surface area contributed by atoms with E-state index in [1.165, 1.54) is 6.26 Å². The highest BCUT2D eigenvalue weighted by Gasteiger charge is 2.07. The zero-order valence-corrected chi connectivity index (χ0v) is 17.5. The third kappa shape index (κ3) is 11.5. The summed E-state index contributed by atoms with van der Waals surface area (Å²) in [6, 6.07) is 0. The number of allylic oxidation sites excluding steroid dienone is 9. The van der Waals surface area contributed by atoms with Gasteiger partial charge in [-0.15, -0.1) is 0 Å². The molecule has 1 N–H and O–H groups in total. The Kier molecular flexibility index (Phi) is 15.6. The van der Waals surface area contributed by atoms with Crippen molar-refractivity contribution in [3.8, 4) is 0 Å². The van der Waals surface area contributed by atoms with Crippen molar-refractivity contribution in [1.29, 1.82) is 0 Å². The highest BCUT2D eigenvalue weighted by atomic mass is 19.1. The molecule has 0 amide bonds. The summed E-state index contributed by atoms with van der Waals surface area (Å²) in [5, 5.41) is 9.14. The van der Waals surface area contributed by atoms with Gasteiger partial charge < -0.3 is 9.99 Å². The van der Waals surface area contributed by atoms with E-state index >= 15 is 0 Å². The molecular formula is C24H35FO3. The summed E-state index contributed by atoms with van der Waals surface area (Å²) in [6.45, 7) is 13.6. The fourth-order valence-corrected chi connectivity index (χ4v) is 2.29. The Morgan fingerprint density at radius 1 is 1.18 bits per heavy atom. The topological polar surface area (TPSA) is 38.7 Å². The quantitative estimate of drug-likeness (QED) is 0.110. The van der Waals surface area contributed by atoms with Gasteiger partial charge in [-0.3, -0.25) is 0 Å². The van der Waals surface area contributed by atoms with Gasteiger partial charge in [0.25, 0.3) is 0 Å². The maximum absolute atomic E-state index is 14.6. The number of hydrogen-bond acceptors (Lipinski definition) is 3. The van der Waals surface area contributed by atoms with Crippen molar-refractivity contribution in [2.45, 2.75) is 52.9 Å². The lowest BCUT2D eigenvalue weighted by molar-refractivity contribution is -0.240. The van der Waals surface area contributed by atoms with E-state index in [-0.39, 0.29) is 19.0 Å². The van der Waals surface area contributed by atoms with Crippen LogP contribution in [-0.4, -0.2) is 18.3 Å². The van der Waals surface area contributed by atoms with Crippen molar-refractivity contribution in [2.75, 3.05) is 13.2 Å². The van der Waals surface area contributed by atoms with Crippen molar-refractivity contribution in [3.63, 3.8) is 0 Å². The molecule has 0 aromatic rings. The van der Waals surface area contributed by atoms with E-state index in [0.717, 1.165) is 29.6 Å². The summed E-state index contributed by atoms with van der Waals surface area (Å²) < 4.78 is 14.6. The molecule has 0 radical (unpaired) electrons. The molecule has 0 rings (SSSR count). The van der Waals surface area contributed by atoms with Crippen LogP contribution in [0, 0.1) is 0 Å². The zero-order chi connectivity index (χ0) is 21.2. The summed E-state index contributed by atoms with van der Waals surface area (Å²) >= 11 is 0. The summed E-state index contributed by atoms with van der Waals surface area (Å²) in [6.07, 6.45) is 16.0. The van der Waals surface area contributed by atoms with Gasteiger partial charge in [0.2, 0.25) is 0 Å². The number of unbranched alkanes of at least 4 members (excludes halogenated alkanes) is 1. The fourth-order valence-electron chi connectivity index (χ4n) is 2.29. The molecule has 0 aromatic heterocycles. The average Bonchev–Trinajstić information content (AvgIpc) is 2.69. The molecular weight excluding hydrogens is 355 g/mol. The van der Waals surface area contributed by atoms with Crippen LogP contribution in [0.5, 0.6) is 0 Å². The predicted octanol–water partition coefficient (Wildman–Crippen LogP) is 6.83. The molecule has 0 atom stereocenters. The van der Waals surface area contributed by atoms with Crippen LogP contribution in [0.25, 0.3) is 0 Å². The van der Waals surface area contributed by atoms with E-state index in [4.69, 9.17) is 9.99 Å². The number of aliphatic hydroxyl groups excluding tert-OH is 1. The summed E-state index contributed by atoms with van der Waals surface area (Å²) in [5.41, 5.74) is 3.02. The van der Waals surface area contributed by atoms with Crippen molar-refractivity contribution >= 4 is 0 Å². The van der Waals surface area contributed by atoms with Crippen LogP contribution in [0.1, 0.15) is 52.9 Å². The van der Waals surface area contributed by atoms with Crippen LogP contribution in [0.15, 0.2) is 84.0 Å². The number of rotatable bonds is 15. The number of hydrogen-bond donors (Lipinski definition) is 1. The van der Waals surface area contributed by atoms with Crippen LogP contribution in [0.3, 0.4) is 0 Å². The van der Waals surface area contributed by atoms with Gasteiger partial charge in [0, 0.05) is 12.2 Å². The molecule has 156 valence electrons. The van der Waals surface area contributed by atoms with Crippen LogP contribution in [0.2, 0.25) is 0 Å². The molecule has 0 aliphatic heterocycles. The SMILES string of the molecule is C=COOCC(=C)/C(=C\C=C(C)/C(=C/C=C/CC)C(/F)=C\CCC)CCCO. The first kappa shape index (κ1) is 25.8. The molecule has 0 bridgehead atoms. The third-order valence-corrected chi connectivity index (χ3v) is 3.89. The Hall–Kier alpha value is -2.17. The molecule has 3 nitrogen and oxygen atoms in total. The van der Waals surface area contributed by atoms with Crippen LogP contribution >= 0.6 is 0 Å². The first-order chi connectivity index (χ1) is 13.5. The standard InChI is InChI=1S/C24H35FO3/c1-6-9-11-14-23(24(25)15-10-7-2)20(4)16-17-22(13-12-18-26)21(5)19-28-27-8-3/h8-9,11,14-17,26H,3,5-7,10,12-13,18-19H2,1-2,4H3/b11-9+,20-16-,22-17-,23-14-,24-15+. The lowest BCUT2D eigenvalue weighted by Crippen LogP contribution is -2.00. The lowest BCUT2D eigenvalue weighted by Gasteiger charge is -2.10. The second kappa shape index (κ2) is 17.0. The molecule has 28 heavy (non-hydrogen) atoms. The molecule has 4 heteroatoms. The molecule has 0 heterocycles. The first-order valence-corrected chi connectivity index (χ1v) is 9.80. The molecule has 0 saturated carbocycles. The van der Waals surface area contributed by atoms with Gasteiger partial charge in [0.15, 0.2) is 0 Å². The zero-order valence-electron chi connectivity index (χ0n) is 17.5. The number of aliphatic hydroxyl groups is 1. The van der Waals surface area contributed by atoms with Crippen molar-refractivity contribution in [2.24, 2.45) is 0 Å². The first-order valence-electron chi connectivity index (χ1n) is 9.80. The molecule has 0 spiro atoms. The van der Waals surface area contributed by atoms with Crippen molar-refractivity contribution in [3.05, 3.63) is 84.0 Å². The molecule has 0 aliphatic rings. The Labute approximate surface area is 169 Å². The van der Waals surface area contributed by atoms with Crippen LogP contribution in [-0.2, 0) is 9.78 Å². The molecule has 0 fully saturated rings. The summed E-state index contributed by atoms with van der Waals surface area (Å²) in [5.74, 6) is -0.219. The fraction of sp³-hybridized carbons (Fsp3) is 0.417. The van der Waals surface area contributed by atoms with Gasteiger partial charge in [-0.1, -0.05) is 63.8 Å². The van der Waals surface area contributed by atoms with E-state index < -0.39 is 0 Å². The Balaban J connectivity index is 5.64. The van der Waals surface area contributed by atoms with Gasteiger partial charge in [-0.2, -0.15) is 4.89 Å². The van der Waals surface area contributed by atoms with Gasteiger partial charge in [0.1, 0.15) is 18.7 Å². The Bertz CT molecular complexity index is 622.